The van der Waals surface area contributed by atoms with Gasteiger partial charge in [-0.1, -0.05) is 5.92 Å². The van der Waals surface area contributed by atoms with Crippen LogP contribution in [0.5, 0.6) is 0 Å². The highest BCUT2D eigenvalue weighted by Gasteiger charge is 2.17. The molecule has 0 bridgehead atoms. The highest BCUT2D eigenvalue weighted by molar-refractivity contribution is 7.21. The van der Waals surface area contributed by atoms with Crippen molar-refractivity contribution in [3.63, 3.8) is 0 Å². The summed E-state index contributed by atoms with van der Waals surface area (Å²) in [5.74, 6) is 2.23. The summed E-state index contributed by atoms with van der Waals surface area (Å²) in [5, 5.41) is 3.48. The van der Waals surface area contributed by atoms with Gasteiger partial charge in [-0.25, -0.2) is 4.98 Å². The predicted molar refractivity (Wildman–Crippen MR) is 84.2 cm³/mol. The summed E-state index contributed by atoms with van der Waals surface area (Å²) in [7, 11) is 0. The zero-order valence-electron chi connectivity index (χ0n) is 10.8. The Hall–Kier alpha value is -2.91. The van der Waals surface area contributed by atoms with Crippen molar-refractivity contribution in [3.05, 3.63) is 47.2 Å². The number of nitrogens with zero attached hydrogens (tertiary/aromatic N) is 2. The van der Waals surface area contributed by atoms with Crippen molar-refractivity contribution in [2.24, 2.45) is 0 Å². The first-order valence-electron chi connectivity index (χ1n) is 6.05. The van der Waals surface area contributed by atoms with Gasteiger partial charge in [0.05, 0.1) is 5.69 Å². The molecule has 3 N–H and O–H groups in total. The minimum Gasteiger partial charge on any atom is -0.397 e. The highest BCUT2D eigenvalue weighted by Crippen LogP contribution is 2.33. The molecule has 0 atom stereocenters. The van der Waals surface area contributed by atoms with Crippen LogP contribution < -0.4 is 11.1 Å². The molecule has 1 amide bonds. The highest BCUT2D eigenvalue weighted by atomic mass is 32.1. The quantitative estimate of drug-likeness (QED) is 0.712. The van der Waals surface area contributed by atoms with Crippen LogP contribution in [0.4, 0.5) is 11.4 Å². The van der Waals surface area contributed by atoms with Crippen LogP contribution in [0.3, 0.4) is 0 Å². The SMILES string of the molecule is C#Cc1cnc2sc(C(=O)Nc3ccncc3)c(N)c2c1. The van der Waals surface area contributed by atoms with Gasteiger partial charge in [0.1, 0.15) is 9.71 Å². The van der Waals surface area contributed by atoms with Gasteiger partial charge < -0.3 is 11.1 Å². The summed E-state index contributed by atoms with van der Waals surface area (Å²) in [6, 6.07) is 5.17. The molecule has 21 heavy (non-hydrogen) atoms. The second-order valence-corrected chi connectivity index (χ2v) is 5.25. The summed E-state index contributed by atoms with van der Waals surface area (Å²) < 4.78 is 0. The molecule has 3 aromatic heterocycles. The molecule has 6 heteroatoms. The number of rotatable bonds is 2. The van der Waals surface area contributed by atoms with Gasteiger partial charge in [-0.2, -0.15) is 0 Å². The minimum atomic E-state index is -0.274. The molecule has 3 aromatic rings. The molecule has 0 aliphatic carbocycles. The van der Waals surface area contributed by atoms with E-state index in [0.717, 1.165) is 0 Å². The second kappa shape index (κ2) is 5.23. The smallest absolute Gasteiger partial charge is 0.267 e. The number of aromatic nitrogens is 2. The Morgan fingerprint density at radius 1 is 1.38 bits per heavy atom. The number of thiophene rings is 1. The Labute approximate surface area is 124 Å². The van der Waals surface area contributed by atoms with E-state index in [2.05, 4.69) is 21.2 Å². The first kappa shape index (κ1) is 13.1. The third kappa shape index (κ3) is 2.42. The Morgan fingerprint density at radius 3 is 2.86 bits per heavy atom. The molecule has 0 aromatic carbocycles. The number of pyridine rings is 2. The lowest BCUT2D eigenvalue weighted by atomic mass is 10.2. The number of nitrogens with two attached hydrogens (primary N) is 1. The number of hydrogen-bond acceptors (Lipinski definition) is 5. The van der Waals surface area contributed by atoms with E-state index in [0.29, 0.717) is 32.0 Å². The van der Waals surface area contributed by atoms with Crippen molar-refractivity contribution in [1.29, 1.82) is 0 Å². The molecular formula is C15H10N4OS. The molecule has 0 radical (unpaired) electrons. The summed E-state index contributed by atoms with van der Waals surface area (Å²) in [6.07, 6.45) is 10.1. The lowest BCUT2D eigenvalue weighted by molar-refractivity contribution is 0.103. The fourth-order valence-electron chi connectivity index (χ4n) is 1.87. The number of amides is 1. The Kier molecular flexibility index (Phi) is 3.26. The number of fused-ring (bicyclic) bond motifs is 1. The predicted octanol–water partition coefficient (Wildman–Crippen LogP) is 2.51. The normalized spacial score (nSPS) is 10.2. The topological polar surface area (TPSA) is 80.9 Å². The van der Waals surface area contributed by atoms with Crippen LogP contribution in [0.2, 0.25) is 0 Å². The third-order valence-corrected chi connectivity index (χ3v) is 4.02. The van der Waals surface area contributed by atoms with Crippen molar-refractivity contribution in [3.8, 4) is 12.3 Å². The van der Waals surface area contributed by atoms with Crippen molar-refractivity contribution in [2.45, 2.75) is 0 Å². The van der Waals surface area contributed by atoms with Gasteiger partial charge in [0.15, 0.2) is 0 Å². The van der Waals surface area contributed by atoms with Crippen molar-refractivity contribution < 1.29 is 4.79 Å². The maximum absolute atomic E-state index is 12.3. The van der Waals surface area contributed by atoms with Crippen LogP contribution >= 0.6 is 11.3 Å². The van der Waals surface area contributed by atoms with Gasteiger partial charge in [0.25, 0.3) is 5.91 Å². The van der Waals surface area contributed by atoms with Crippen LogP contribution in [0.15, 0.2) is 36.8 Å². The number of nitrogens with one attached hydrogen (secondary N) is 1. The minimum absolute atomic E-state index is 0.274. The Bertz CT molecular complexity index is 865. The van der Waals surface area contributed by atoms with E-state index < -0.39 is 0 Å². The van der Waals surface area contributed by atoms with Gasteiger partial charge in [0.2, 0.25) is 0 Å². The molecule has 0 saturated carbocycles. The molecule has 0 unspecified atom stereocenters. The first-order chi connectivity index (χ1) is 10.2. The number of carbonyl (C=O) groups is 1. The number of nitrogen functional groups attached to an aromatic ring is 1. The summed E-state index contributed by atoms with van der Waals surface area (Å²) >= 11 is 1.24. The van der Waals surface area contributed by atoms with Gasteiger partial charge in [0, 0.05) is 35.2 Å². The fourth-order valence-corrected chi connectivity index (χ4v) is 2.81. The lowest BCUT2D eigenvalue weighted by Crippen LogP contribution is -2.11. The van der Waals surface area contributed by atoms with Crippen LogP contribution in [-0.2, 0) is 0 Å². The lowest BCUT2D eigenvalue weighted by Gasteiger charge is -2.03. The third-order valence-electron chi connectivity index (χ3n) is 2.90. The standard InChI is InChI=1S/C15H10N4OS/c1-2-9-7-11-12(16)13(21-15(11)18-8-9)14(20)19-10-3-5-17-6-4-10/h1,3-8H,16H2,(H,17,19,20). The van der Waals surface area contributed by atoms with E-state index in [-0.39, 0.29) is 5.91 Å². The number of hydrogen-bond donors (Lipinski definition) is 2. The van der Waals surface area contributed by atoms with Crippen LogP contribution in [0, 0.1) is 12.3 Å². The van der Waals surface area contributed by atoms with E-state index >= 15 is 0 Å². The number of carbonyl (C=O) groups excluding carboxylic acids is 1. The molecule has 5 nitrogen and oxygen atoms in total. The van der Waals surface area contributed by atoms with Gasteiger partial charge in [-0.15, -0.1) is 17.8 Å². The molecule has 0 fully saturated rings. The number of terminal acetylenes is 1. The molecule has 0 aliphatic rings. The molecule has 3 rings (SSSR count). The van der Waals surface area contributed by atoms with E-state index in [4.69, 9.17) is 12.2 Å². The molecule has 0 spiro atoms. The van der Waals surface area contributed by atoms with Crippen molar-refractivity contribution in [2.75, 3.05) is 11.1 Å². The monoisotopic (exact) mass is 294 g/mol. The van der Waals surface area contributed by atoms with Crippen LogP contribution in [0.25, 0.3) is 10.2 Å². The maximum Gasteiger partial charge on any atom is 0.267 e. The maximum atomic E-state index is 12.3. The van der Waals surface area contributed by atoms with Gasteiger partial charge in [-0.05, 0) is 18.2 Å². The van der Waals surface area contributed by atoms with Crippen molar-refractivity contribution in [1.82, 2.24) is 9.97 Å². The molecule has 0 aliphatic heterocycles. The molecule has 102 valence electrons. The molecule has 0 saturated heterocycles. The fraction of sp³-hybridized carbons (Fsp3) is 0. The largest absolute Gasteiger partial charge is 0.397 e. The van der Waals surface area contributed by atoms with Gasteiger partial charge in [-0.3, -0.25) is 9.78 Å². The summed E-state index contributed by atoms with van der Waals surface area (Å²) in [5.41, 5.74) is 7.73. The Morgan fingerprint density at radius 2 is 2.14 bits per heavy atom. The van der Waals surface area contributed by atoms with E-state index in [1.807, 2.05) is 0 Å². The van der Waals surface area contributed by atoms with E-state index in [1.54, 1.807) is 36.8 Å². The zero-order valence-corrected chi connectivity index (χ0v) is 11.6. The summed E-state index contributed by atoms with van der Waals surface area (Å²) in [6.45, 7) is 0. The Balaban J connectivity index is 1.99. The number of anilines is 2. The molecular weight excluding hydrogens is 284 g/mol. The van der Waals surface area contributed by atoms with Gasteiger partial charge >= 0.3 is 0 Å². The zero-order chi connectivity index (χ0) is 14.8. The van der Waals surface area contributed by atoms with Crippen LogP contribution in [0.1, 0.15) is 15.2 Å². The van der Waals surface area contributed by atoms with E-state index in [1.165, 1.54) is 11.3 Å². The van der Waals surface area contributed by atoms with E-state index in [9.17, 15) is 4.79 Å². The average molecular weight is 294 g/mol. The first-order valence-corrected chi connectivity index (χ1v) is 6.86. The average Bonchev–Trinajstić information content (AvgIpc) is 2.85. The van der Waals surface area contributed by atoms with Crippen LogP contribution in [-0.4, -0.2) is 15.9 Å². The second-order valence-electron chi connectivity index (χ2n) is 4.26. The van der Waals surface area contributed by atoms with Crippen molar-refractivity contribution >= 4 is 38.8 Å². The summed E-state index contributed by atoms with van der Waals surface area (Å²) in [4.78, 5) is 21.5. The molecule has 3 heterocycles.